The van der Waals surface area contributed by atoms with E-state index in [4.69, 9.17) is 0 Å². The molecule has 20 heavy (non-hydrogen) atoms. The third-order valence-electron chi connectivity index (χ3n) is 3.39. The number of rotatable bonds is 2. The molecule has 3 aromatic heterocycles. The normalized spacial score (nSPS) is 11.0. The van der Waals surface area contributed by atoms with Crippen LogP contribution in [-0.2, 0) is 0 Å². The minimum Gasteiger partial charge on any atom is -0.346 e. The van der Waals surface area contributed by atoms with Crippen molar-refractivity contribution in [2.45, 2.75) is 0 Å². The number of thiophene rings is 1. The van der Waals surface area contributed by atoms with Gasteiger partial charge in [-0.2, -0.15) is 0 Å². The number of H-pyrrole nitrogens is 1. The first-order valence-corrected chi connectivity index (χ1v) is 7.31. The molecule has 96 valence electrons. The van der Waals surface area contributed by atoms with E-state index >= 15 is 0 Å². The van der Waals surface area contributed by atoms with Crippen molar-refractivity contribution in [2.24, 2.45) is 0 Å². The molecule has 2 nitrogen and oxygen atoms in total. The molecule has 1 N–H and O–H groups in total. The molecule has 0 radical (unpaired) electrons. The van der Waals surface area contributed by atoms with Crippen LogP contribution in [0.5, 0.6) is 0 Å². The van der Waals surface area contributed by atoms with Gasteiger partial charge in [0.25, 0.3) is 0 Å². The lowest BCUT2D eigenvalue weighted by Crippen LogP contribution is -1.78. The molecule has 0 bridgehead atoms. The second kappa shape index (κ2) is 4.62. The lowest BCUT2D eigenvalue weighted by atomic mass is 10.1. The first-order chi connectivity index (χ1) is 9.92. The summed E-state index contributed by atoms with van der Waals surface area (Å²) in [6.45, 7) is 0. The van der Waals surface area contributed by atoms with Crippen LogP contribution in [-0.4, -0.2) is 9.97 Å². The van der Waals surface area contributed by atoms with Crippen LogP contribution in [0.25, 0.3) is 31.9 Å². The minimum atomic E-state index is 0.942. The first kappa shape index (κ1) is 11.4. The van der Waals surface area contributed by atoms with Gasteiger partial charge >= 0.3 is 0 Å². The lowest BCUT2D eigenvalue weighted by Gasteiger charge is -1.99. The third-order valence-corrected chi connectivity index (χ3v) is 4.56. The summed E-state index contributed by atoms with van der Waals surface area (Å²) in [5.41, 5.74) is 3.45. The summed E-state index contributed by atoms with van der Waals surface area (Å²) in [6.07, 6.45) is 3.79. The second-order valence-corrected chi connectivity index (χ2v) is 5.71. The van der Waals surface area contributed by atoms with E-state index in [9.17, 15) is 0 Å². The molecule has 0 saturated carbocycles. The number of benzene rings is 1. The number of nitrogens with one attached hydrogen (secondary N) is 1. The first-order valence-electron chi connectivity index (χ1n) is 6.49. The molecule has 0 saturated heterocycles. The van der Waals surface area contributed by atoms with Crippen LogP contribution in [0, 0.1) is 0 Å². The van der Waals surface area contributed by atoms with Gasteiger partial charge in [0.05, 0.1) is 0 Å². The zero-order valence-corrected chi connectivity index (χ0v) is 11.5. The van der Waals surface area contributed by atoms with Crippen molar-refractivity contribution >= 4 is 22.4 Å². The van der Waals surface area contributed by atoms with E-state index < -0.39 is 0 Å². The summed E-state index contributed by atoms with van der Waals surface area (Å²) >= 11 is 1.82. The van der Waals surface area contributed by atoms with Crippen LogP contribution in [0.3, 0.4) is 0 Å². The summed E-state index contributed by atoms with van der Waals surface area (Å²) in [6, 6.07) is 19.0. The van der Waals surface area contributed by atoms with Crippen molar-refractivity contribution in [2.75, 3.05) is 0 Å². The monoisotopic (exact) mass is 276 g/mol. The van der Waals surface area contributed by atoms with Gasteiger partial charge in [0.2, 0.25) is 0 Å². The molecule has 3 heteroatoms. The van der Waals surface area contributed by atoms with Crippen LogP contribution in [0.15, 0.2) is 67.0 Å². The van der Waals surface area contributed by atoms with E-state index in [1.54, 1.807) is 0 Å². The molecule has 1 aromatic carbocycles. The smallest absolute Gasteiger partial charge is 0.137 e. The summed E-state index contributed by atoms with van der Waals surface area (Å²) in [5.74, 6) is 0. The predicted molar refractivity (Wildman–Crippen MR) is 84.8 cm³/mol. The van der Waals surface area contributed by atoms with E-state index in [0.29, 0.717) is 0 Å². The van der Waals surface area contributed by atoms with Gasteiger partial charge in [0, 0.05) is 33.1 Å². The Morgan fingerprint density at radius 1 is 0.850 bits per heavy atom. The third kappa shape index (κ3) is 1.84. The molecule has 0 aliphatic heterocycles. The van der Waals surface area contributed by atoms with Crippen LogP contribution in [0.4, 0.5) is 0 Å². The van der Waals surface area contributed by atoms with Gasteiger partial charge in [0.1, 0.15) is 5.65 Å². The Morgan fingerprint density at radius 2 is 1.70 bits per heavy atom. The number of hydrogen-bond donors (Lipinski definition) is 1. The van der Waals surface area contributed by atoms with Gasteiger partial charge in [-0.05, 0) is 29.8 Å². The zero-order valence-electron chi connectivity index (χ0n) is 10.7. The highest BCUT2D eigenvalue weighted by Gasteiger charge is 2.08. The van der Waals surface area contributed by atoms with Gasteiger partial charge < -0.3 is 4.98 Å². The van der Waals surface area contributed by atoms with E-state index in [1.165, 1.54) is 26.3 Å². The number of nitrogens with zero attached hydrogens (tertiary/aromatic N) is 1. The average molecular weight is 276 g/mol. The van der Waals surface area contributed by atoms with Crippen LogP contribution < -0.4 is 0 Å². The summed E-state index contributed by atoms with van der Waals surface area (Å²) < 4.78 is 0. The molecule has 4 aromatic rings. The fourth-order valence-corrected chi connectivity index (χ4v) is 3.47. The van der Waals surface area contributed by atoms with E-state index in [-0.39, 0.29) is 0 Å². The van der Waals surface area contributed by atoms with Gasteiger partial charge in [-0.1, -0.05) is 30.3 Å². The Balaban J connectivity index is 1.84. The van der Waals surface area contributed by atoms with Gasteiger partial charge in [0.15, 0.2) is 0 Å². The van der Waals surface area contributed by atoms with Crippen molar-refractivity contribution in [3.05, 3.63) is 67.0 Å². The summed E-state index contributed by atoms with van der Waals surface area (Å²) in [4.78, 5) is 10.1. The van der Waals surface area contributed by atoms with Crippen molar-refractivity contribution < 1.29 is 0 Å². The summed E-state index contributed by atoms with van der Waals surface area (Å²) in [5, 5.41) is 1.17. The van der Waals surface area contributed by atoms with Crippen LogP contribution in [0.1, 0.15) is 0 Å². The lowest BCUT2D eigenvalue weighted by molar-refractivity contribution is 1.33. The number of pyridine rings is 1. The Morgan fingerprint density at radius 3 is 2.60 bits per heavy atom. The highest BCUT2D eigenvalue weighted by molar-refractivity contribution is 7.18. The molecule has 0 atom stereocenters. The Kier molecular flexibility index (Phi) is 2.64. The molecule has 0 unspecified atom stereocenters. The Hall–Kier alpha value is -2.39. The number of aromatic amines is 1. The quantitative estimate of drug-likeness (QED) is 0.551. The van der Waals surface area contributed by atoms with Crippen LogP contribution in [0.2, 0.25) is 0 Å². The Labute approximate surface area is 120 Å². The molecule has 0 aliphatic carbocycles. The van der Waals surface area contributed by atoms with Gasteiger partial charge in [-0.25, -0.2) is 4.98 Å². The Bertz CT molecular complexity index is 859. The molecule has 0 aliphatic rings. The summed E-state index contributed by atoms with van der Waals surface area (Å²) in [7, 11) is 0. The molecule has 0 spiro atoms. The van der Waals surface area contributed by atoms with Crippen molar-refractivity contribution in [1.29, 1.82) is 0 Å². The molecule has 0 amide bonds. The fraction of sp³-hybridized carbons (Fsp3) is 0. The molecular formula is C17H12N2S. The van der Waals surface area contributed by atoms with Crippen molar-refractivity contribution in [3.63, 3.8) is 0 Å². The highest BCUT2D eigenvalue weighted by Crippen LogP contribution is 2.36. The SMILES string of the molecule is c1ccc(-c2ccc(-c3ccnc4[nH]ccc34)s2)cc1. The topological polar surface area (TPSA) is 28.7 Å². The van der Waals surface area contributed by atoms with Crippen molar-refractivity contribution in [1.82, 2.24) is 9.97 Å². The fourth-order valence-electron chi connectivity index (χ4n) is 2.42. The minimum absolute atomic E-state index is 0.942. The van der Waals surface area contributed by atoms with E-state index in [1.807, 2.05) is 29.8 Å². The number of fused-ring (bicyclic) bond motifs is 1. The van der Waals surface area contributed by atoms with Crippen LogP contribution >= 0.6 is 11.3 Å². The standard InChI is InChI=1S/C17H12N2S/c1-2-4-12(5-3-1)15-6-7-16(20-15)13-8-10-18-17-14(13)9-11-19-17/h1-11H,(H,18,19). The van der Waals surface area contributed by atoms with E-state index in [2.05, 4.69) is 58.5 Å². The zero-order chi connectivity index (χ0) is 13.4. The van der Waals surface area contributed by atoms with Crippen molar-refractivity contribution in [3.8, 4) is 20.9 Å². The number of hydrogen-bond acceptors (Lipinski definition) is 2. The maximum Gasteiger partial charge on any atom is 0.137 e. The second-order valence-electron chi connectivity index (χ2n) is 4.63. The molecule has 0 fully saturated rings. The maximum atomic E-state index is 4.34. The number of aromatic nitrogens is 2. The van der Waals surface area contributed by atoms with E-state index in [0.717, 1.165) is 5.65 Å². The average Bonchev–Trinajstić information content (AvgIpc) is 3.17. The van der Waals surface area contributed by atoms with Gasteiger partial charge in [-0.3, -0.25) is 0 Å². The largest absolute Gasteiger partial charge is 0.346 e. The maximum absolute atomic E-state index is 4.34. The molecule has 3 heterocycles. The predicted octanol–water partition coefficient (Wildman–Crippen LogP) is 4.96. The highest BCUT2D eigenvalue weighted by atomic mass is 32.1. The van der Waals surface area contributed by atoms with Gasteiger partial charge in [-0.15, -0.1) is 11.3 Å². The molecule has 4 rings (SSSR count). The molecular weight excluding hydrogens is 264 g/mol.